The van der Waals surface area contributed by atoms with Gasteiger partial charge in [-0.15, -0.1) is 0 Å². The summed E-state index contributed by atoms with van der Waals surface area (Å²) in [7, 11) is 0. The number of halogens is 1. The lowest BCUT2D eigenvalue weighted by Crippen LogP contribution is -1.89. The quantitative estimate of drug-likeness (QED) is 0.703. The van der Waals surface area contributed by atoms with Gasteiger partial charge in [-0.3, -0.25) is 0 Å². The highest BCUT2D eigenvalue weighted by Crippen LogP contribution is 2.32. The third-order valence-electron chi connectivity index (χ3n) is 2.08. The minimum Gasteiger partial charge on any atom is -0.503 e. The molecule has 1 aromatic heterocycles. The van der Waals surface area contributed by atoms with Gasteiger partial charge in [-0.2, -0.15) is 0 Å². The van der Waals surface area contributed by atoms with Crippen molar-refractivity contribution in [2.45, 2.75) is 6.92 Å². The summed E-state index contributed by atoms with van der Waals surface area (Å²) in [6.45, 7) is 1.54. The molecule has 0 fully saturated rings. The fourth-order valence-electron chi connectivity index (χ4n) is 1.27. The summed E-state index contributed by atoms with van der Waals surface area (Å²) in [5.41, 5.74) is 5.97. The van der Waals surface area contributed by atoms with Crippen LogP contribution in [0.3, 0.4) is 0 Å². The Labute approximate surface area is 85.1 Å². The number of nitrogen functional groups attached to an aromatic ring is 1. The lowest BCUT2D eigenvalue weighted by molar-refractivity contribution is 0.384. The molecule has 1 heterocycles. The number of nitrogens with zero attached hydrogens (tertiary/aromatic N) is 1. The highest BCUT2D eigenvalue weighted by atomic mass is 19.1. The summed E-state index contributed by atoms with van der Waals surface area (Å²) in [6.07, 6.45) is 0. The topological polar surface area (TPSA) is 72.3 Å². The minimum atomic E-state index is -0.543. The minimum absolute atomic E-state index is 0.0880. The van der Waals surface area contributed by atoms with Crippen LogP contribution in [0.25, 0.3) is 11.3 Å². The van der Waals surface area contributed by atoms with Crippen LogP contribution >= 0.6 is 0 Å². The van der Waals surface area contributed by atoms with Crippen molar-refractivity contribution in [3.63, 3.8) is 0 Å². The molecule has 0 atom stereocenters. The molecule has 1 aromatic carbocycles. The van der Waals surface area contributed by atoms with Crippen LogP contribution in [-0.4, -0.2) is 10.3 Å². The van der Waals surface area contributed by atoms with E-state index in [2.05, 4.69) is 5.16 Å². The first-order valence-corrected chi connectivity index (χ1v) is 4.30. The Hall–Kier alpha value is -2.04. The van der Waals surface area contributed by atoms with Gasteiger partial charge in [0.05, 0.1) is 0 Å². The van der Waals surface area contributed by atoms with Crippen molar-refractivity contribution < 1.29 is 14.0 Å². The van der Waals surface area contributed by atoms with Crippen LogP contribution in [0.2, 0.25) is 0 Å². The van der Waals surface area contributed by atoms with Crippen molar-refractivity contribution in [2.75, 3.05) is 5.73 Å². The average Bonchev–Trinajstić information content (AvgIpc) is 2.49. The van der Waals surface area contributed by atoms with Gasteiger partial charge in [0.25, 0.3) is 0 Å². The number of aromatic hydroxyl groups is 1. The van der Waals surface area contributed by atoms with E-state index in [9.17, 15) is 9.50 Å². The van der Waals surface area contributed by atoms with Gasteiger partial charge in [0.15, 0.2) is 17.2 Å². The average molecular weight is 208 g/mol. The van der Waals surface area contributed by atoms with Gasteiger partial charge in [0, 0.05) is 18.2 Å². The van der Waals surface area contributed by atoms with Crippen molar-refractivity contribution in [2.24, 2.45) is 0 Å². The van der Waals surface area contributed by atoms with Gasteiger partial charge in [-0.05, 0) is 18.2 Å². The van der Waals surface area contributed by atoms with Crippen LogP contribution in [0, 0.1) is 12.7 Å². The number of hydrogen-bond donors (Lipinski definition) is 2. The van der Waals surface area contributed by atoms with Gasteiger partial charge in [-0.25, -0.2) is 4.39 Å². The molecule has 3 N–H and O–H groups in total. The molecule has 5 heteroatoms. The van der Waals surface area contributed by atoms with Crippen molar-refractivity contribution in [1.29, 1.82) is 0 Å². The zero-order valence-electron chi connectivity index (χ0n) is 7.99. The van der Waals surface area contributed by atoms with E-state index in [-0.39, 0.29) is 22.8 Å². The predicted octanol–water partition coefficient (Wildman–Crippen LogP) is 2.08. The van der Waals surface area contributed by atoms with Crippen LogP contribution in [0.5, 0.6) is 5.75 Å². The Morgan fingerprint density at radius 3 is 2.73 bits per heavy atom. The monoisotopic (exact) mass is 208 g/mol. The second-order valence-corrected chi connectivity index (χ2v) is 3.18. The maximum Gasteiger partial charge on any atom is 0.186 e. The van der Waals surface area contributed by atoms with E-state index in [1.165, 1.54) is 18.2 Å². The summed E-state index contributed by atoms with van der Waals surface area (Å²) in [4.78, 5) is 0. The maximum atomic E-state index is 13.5. The van der Waals surface area contributed by atoms with Crippen molar-refractivity contribution in [3.8, 4) is 17.0 Å². The molecule has 0 aliphatic rings. The molecule has 78 valence electrons. The largest absolute Gasteiger partial charge is 0.503 e. The summed E-state index contributed by atoms with van der Waals surface area (Å²) in [5, 5.41) is 13.1. The number of aromatic nitrogens is 1. The molecule has 0 spiro atoms. The normalized spacial score (nSPS) is 10.5. The molecule has 0 aliphatic carbocycles. The summed E-state index contributed by atoms with van der Waals surface area (Å²) < 4.78 is 18.2. The Morgan fingerprint density at radius 1 is 1.47 bits per heavy atom. The Morgan fingerprint density at radius 2 is 2.20 bits per heavy atom. The van der Waals surface area contributed by atoms with Gasteiger partial charge in [-0.1, -0.05) is 5.16 Å². The van der Waals surface area contributed by atoms with Crippen molar-refractivity contribution >= 4 is 5.69 Å². The van der Waals surface area contributed by atoms with E-state index in [1.54, 1.807) is 6.92 Å². The number of benzene rings is 1. The molecule has 0 aliphatic heterocycles. The fourth-order valence-corrected chi connectivity index (χ4v) is 1.27. The smallest absolute Gasteiger partial charge is 0.186 e. The molecule has 4 nitrogen and oxygen atoms in total. The van der Waals surface area contributed by atoms with E-state index < -0.39 is 5.82 Å². The summed E-state index contributed by atoms with van der Waals surface area (Å²) >= 11 is 0. The molecule has 2 aromatic rings. The molecular formula is C10H9FN2O2. The van der Waals surface area contributed by atoms with Crippen LogP contribution in [0.15, 0.2) is 22.7 Å². The van der Waals surface area contributed by atoms with Gasteiger partial charge in [0.1, 0.15) is 5.82 Å². The number of rotatable bonds is 1. The third-order valence-corrected chi connectivity index (χ3v) is 2.08. The summed E-state index contributed by atoms with van der Waals surface area (Å²) in [6, 6.07) is 4.14. The molecule has 0 saturated carbocycles. The zero-order valence-corrected chi connectivity index (χ0v) is 7.99. The first-order chi connectivity index (χ1) is 7.09. The fraction of sp³-hybridized carbons (Fsp3) is 0.100. The van der Waals surface area contributed by atoms with E-state index in [0.717, 1.165) is 0 Å². The van der Waals surface area contributed by atoms with Crippen molar-refractivity contribution in [3.05, 3.63) is 29.8 Å². The molecule has 0 bridgehead atoms. The summed E-state index contributed by atoms with van der Waals surface area (Å²) in [5.74, 6) is -0.446. The number of nitrogens with two attached hydrogens (primary N) is 1. The molecule has 15 heavy (non-hydrogen) atoms. The van der Waals surface area contributed by atoms with E-state index in [0.29, 0.717) is 5.69 Å². The lowest BCUT2D eigenvalue weighted by atomic mass is 10.1. The van der Waals surface area contributed by atoms with E-state index >= 15 is 0 Å². The first kappa shape index (κ1) is 9.51. The highest BCUT2D eigenvalue weighted by molar-refractivity contribution is 5.68. The standard InChI is InChI=1S/C10H9FN2O2/c1-5-10(14)9(13-15-5)7-3-2-6(12)4-8(7)11/h2-4,14H,12H2,1H3. The number of aryl methyl sites for hydroxylation is 1. The third kappa shape index (κ3) is 1.52. The van der Waals surface area contributed by atoms with Crippen molar-refractivity contribution in [1.82, 2.24) is 5.16 Å². The lowest BCUT2D eigenvalue weighted by Gasteiger charge is -2.00. The van der Waals surface area contributed by atoms with Gasteiger partial charge < -0.3 is 15.4 Å². The molecule has 2 rings (SSSR count). The maximum absolute atomic E-state index is 13.5. The SMILES string of the molecule is Cc1onc(-c2ccc(N)cc2F)c1O. The Bertz CT molecular complexity index is 508. The van der Waals surface area contributed by atoms with E-state index in [1.807, 2.05) is 0 Å². The Balaban J connectivity index is 2.59. The first-order valence-electron chi connectivity index (χ1n) is 4.30. The second-order valence-electron chi connectivity index (χ2n) is 3.18. The molecule has 0 amide bonds. The van der Waals surface area contributed by atoms with E-state index in [4.69, 9.17) is 10.3 Å². The van der Waals surface area contributed by atoms with Crippen LogP contribution in [0.4, 0.5) is 10.1 Å². The molecule has 0 unspecified atom stereocenters. The Kier molecular flexibility index (Phi) is 2.07. The number of hydrogen-bond acceptors (Lipinski definition) is 4. The molecule has 0 saturated heterocycles. The van der Waals surface area contributed by atoms with Gasteiger partial charge in [0.2, 0.25) is 0 Å². The van der Waals surface area contributed by atoms with Crippen LogP contribution in [-0.2, 0) is 0 Å². The second kappa shape index (κ2) is 3.27. The van der Waals surface area contributed by atoms with Crippen LogP contribution < -0.4 is 5.73 Å². The molecular weight excluding hydrogens is 199 g/mol. The number of anilines is 1. The van der Waals surface area contributed by atoms with Gasteiger partial charge >= 0.3 is 0 Å². The molecule has 0 radical (unpaired) electrons. The predicted molar refractivity (Wildman–Crippen MR) is 52.7 cm³/mol. The highest BCUT2D eigenvalue weighted by Gasteiger charge is 2.16. The zero-order chi connectivity index (χ0) is 11.0. The van der Waals surface area contributed by atoms with Crippen LogP contribution in [0.1, 0.15) is 5.76 Å².